The fourth-order valence-corrected chi connectivity index (χ4v) is 4.63. The number of nitrogens with zero attached hydrogens (tertiary/aromatic N) is 2. The maximum Gasteiger partial charge on any atom is 0.263 e. The molecule has 0 saturated carbocycles. The molecule has 0 aromatic heterocycles. The number of amides is 1. The van der Waals surface area contributed by atoms with Crippen molar-refractivity contribution >= 4 is 21.8 Å². The molecule has 1 atom stereocenters. The highest BCUT2D eigenvalue weighted by Gasteiger charge is 2.32. The van der Waals surface area contributed by atoms with Gasteiger partial charge in [0.25, 0.3) is 10.0 Å². The van der Waals surface area contributed by atoms with Gasteiger partial charge in [0, 0.05) is 18.7 Å². The van der Waals surface area contributed by atoms with Crippen molar-refractivity contribution in [3.63, 3.8) is 0 Å². The van der Waals surface area contributed by atoms with Crippen LogP contribution in [0.4, 0.5) is 0 Å². The summed E-state index contributed by atoms with van der Waals surface area (Å²) in [6, 6.07) is 6.07. The Morgan fingerprint density at radius 3 is 2.61 bits per heavy atom. The third-order valence-corrected chi connectivity index (χ3v) is 5.96. The van der Waals surface area contributed by atoms with Gasteiger partial charge in [0.15, 0.2) is 0 Å². The molecule has 0 fully saturated rings. The number of unbranched alkanes of at least 4 members (excludes halogenated alkanes) is 1. The second kappa shape index (κ2) is 9.05. The van der Waals surface area contributed by atoms with Crippen LogP contribution in [0, 0.1) is 5.41 Å². The lowest BCUT2D eigenvalue weighted by Crippen LogP contribution is -2.43. The molecule has 1 heterocycles. The number of aliphatic imine (C=N–C) groups is 1. The van der Waals surface area contributed by atoms with Crippen LogP contribution in [0.3, 0.4) is 0 Å². The summed E-state index contributed by atoms with van der Waals surface area (Å²) in [4.78, 5) is 19.6. The van der Waals surface area contributed by atoms with E-state index in [0.29, 0.717) is 18.5 Å². The van der Waals surface area contributed by atoms with Gasteiger partial charge in [-0.25, -0.2) is 8.42 Å². The SMILES string of the molecule is CCCCC(N=C1NS(=O)(=O)c2ccccc21)C(=O)NCC(C)(C)CN(C)C. The monoisotopic (exact) mass is 408 g/mol. The zero-order valence-electron chi connectivity index (χ0n) is 17.4. The van der Waals surface area contributed by atoms with Crippen LogP contribution < -0.4 is 10.0 Å². The molecular weight excluding hydrogens is 376 g/mol. The minimum absolute atomic E-state index is 0.0802. The Hall–Kier alpha value is -1.93. The van der Waals surface area contributed by atoms with Crippen molar-refractivity contribution in [3.8, 4) is 0 Å². The molecule has 0 bridgehead atoms. The van der Waals surface area contributed by atoms with Gasteiger partial charge in [-0.2, -0.15) is 0 Å². The molecule has 156 valence electrons. The average Bonchev–Trinajstić information content (AvgIpc) is 2.86. The predicted molar refractivity (Wildman–Crippen MR) is 112 cm³/mol. The van der Waals surface area contributed by atoms with E-state index in [1.54, 1.807) is 24.3 Å². The Morgan fingerprint density at radius 2 is 1.96 bits per heavy atom. The highest BCUT2D eigenvalue weighted by atomic mass is 32.2. The van der Waals surface area contributed by atoms with Crippen molar-refractivity contribution in [3.05, 3.63) is 29.8 Å². The Balaban J connectivity index is 2.20. The molecule has 0 spiro atoms. The number of fused-ring (bicyclic) bond motifs is 1. The van der Waals surface area contributed by atoms with Gasteiger partial charge in [-0.15, -0.1) is 0 Å². The summed E-state index contributed by atoms with van der Waals surface area (Å²) in [5.41, 5.74) is 0.438. The van der Waals surface area contributed by atoms with Crippen LogP contribution in [0.15, 0.2) is 34.2 Å². The van der Waals surface area contributed by atoms with Crippen LogP contribution >= 0.6 is 0 Å². The van der Waals surface area contributed by atoms with Gasteiger partial charge in [-0.05, 0) is 38.1 Å². The quantitative estimate of drug-likeness (QED) is 0.654. The van der Waals surface area contributed by atoms with Crippen LogP contribution in [-0.4, -0.2) is 58.3 Å². The summed E-state index contributed by atoms with van der Waals surface area (Å²) in [6.07, 6.45) is 2.34. The maximum atomic E-state index is 12.8. The lowest BCUT2D eigenvalue weighted by Gasteiger charge is -2.29. The molecule has 7 nitrogen and oxygen atoms in total. The largest absolute Gasteiger partial charge is 0.354 e. The topological polar surface area (TPSA) is 90.9 Å². The number of sulfonamides is 1. The number of nitrogens with one attached hydrogen (secondary N) is 2. The molecule has 1 aliphatic rings. The molecular formula is C20H32N4O3S. The zero-order chi connectivity index (χ0) is 20.9. The number of hydrogen-bond acceptors (Lipinski definition) is 5. The number of rotatable bonds is 9. The van der Waals surface area contributed by atoms with E-state index >= 15 is 0 Å². The molecule has 0 aliphatic carbocycles. The number of carbonyl (C=O) groups is 1. The van der Waals surface area contributed by atoms with E-state index < -0.39 is 16.1 Å². The van der Waals surface area contributed by atoms with Crippen LogP contribution in [0.25, 0.3) is 0 Å². The minimum atomic E-state index is -3.61. The van der Waals surface area contributed by atoms with Crippen molar-refractivity contribution in [2.75, 3.05) is 27.2 Å². The van der Waals surface area contributed by atoms with Gasteiger partial charge in [0.05, 0.1) is 4.90 Å². The summed E-state index contributed by atoms with van der Waals surface area (Å²) in [5, 5.41) is 3.01. The fraction of sp³-hybridized carbons (Fsp3) is 0.600. The van der Waals surface area contributed by atoms with Gasteiger partial charge in [-0.3, -0.25) is 14.5 Å². The highest BCUT2D eigenvalue weighted by Crippen LogP contribution is 2.23. The second-order valence-electron chi connectivity index (χ2n) is 8.36. The number of amidine groups is 1. The lowest BCUT2D eigenvalue weighted by atomic mass is 9.92. The Bertz CT molecular complexity index is 832. The van der Waals surface area contributed by atoms with E-state index in [1.165, 1.54) is 0 Å². The Labute approximate surface area is 168 Å². The van der Waals surface area contributed by atoms with Crippen LogP contribution in [0.5, 0.6) is 0 Å². The first-order valence-corrected chi connectivity index (χ1v) is 11.2. The Morgan fingerprint density at radius 1 is 1.29 bits per heavy atom. The van der Waals surface area contributed by atoms with Crippen molar-refractivity contribution in [1.82, 2.24) is 14.9 Å². The van der Waals surface area contributed by atoms with Gasteiger partial charge >= 0.3 is 0 Å². The number of benzene rings is 1. The van der Waals surface area contributed by atoms with Gasteiger partial charge in [0.2, 0.25) is 5.91 Å². The fourth-order valence-electron chi connectivity index (χ4n) is 3.39. The summed E-state index contributed by atoms with van der Waals surface area (Å²) < 4.78 is 27.1. The van der Waals surface area contributed by atoms with Crippen molar-refractivity contribution in [2.24, 2.45) is 10.4 Å². The molecule has 8 heteroatoms. The summed E-state index contributed by atoms with van der Waals surface area (Å²) in [5.74, 6) is 0.0794. The van der Waals surface area contributed by atoms with E-state index in [-0.39, 0.29) is 22.1 Å². The molecule has 1 unspecified atom stereocenters. The van der Waals surface area contributed by atoms with E-state index in [1.807, 2.05) is 14.1 Å². The van der Waals surface area contributed by atoms with Crippen molar-refractivity contribution < 1.29 is 13.2 Å². The first kappa shape index (κ1) is 22.4. The first-order valence-electron chi connectivity index (χ1n) is 9.68. The highest BCUT2D eigenvalue weighted by molar-refractivity contribution is 7.90. The molecule has 1 aromatic carbocycles. The summed E-state index contributed by atoms with van der Waals surface area (Å²) in [6.45, 7) is 7.62. The van der Waals surface area contributed by atoms with Gasteiger partial charge < -0.3 is 10.2 Å². The summed E-state index contributed by atoms with van der Waals surface area (Å²) >= 11 is 0. The second-order valence-corrected chi connectivity index (χ2v) is 10.0. The average molecular weight is 409 g/mol. The Kier molecular flexibility index (Phi) is 7.22. The standard InChI is InChI=1S/C20H32N4O3S/c1-6-7-11-16(19(25)21-13-20(2,3)14-24(4)5)22-18-15-10-8-9-12-17(15)28(26,27)23-18/h8-10,12,16H,6-7,11,13-14H2,1-5H3,(H,21,25)(H,22,23). The molecule has 2 N–H and O–H groups in total. The maximum absolute atomic E-state index is 12.8. The van der Waals surface area contributed by atoms with Crippen molar-refractivity contribution in [1.29, 1.82) is 0 Å². The molecule has 2 rings (SSSR count). The normalized spacial score (nSPS) is 18.0. The molecule has 0 saturated heterocycles. The van der Waals surface area contributed by atoms with Crippen molar-refractivity contribution in [2.45, 2.75) is 51.0 Å². The molecule has 1 aliphatic heterocycles. The van der Waals surface area contributed by atoms with E-state index in [0.717, 1.165) is 19.4 Å². The minimum Gasteiger partial charge on any atom is -0.354 e. The van der Waals surface area contributed by atoms with E-state index in [2.05, 4.69) is 40.7 Å². The molecule has 1 aromatic rings. The van der Waals surface area contributed by atoms with Crippen LogP contribution in [-0.2, 0) is 14.8 Å². The number of hydrogen-bond donors (Lipinski definition) is 2. The predicted octanol–water partition coefficient (Wildman–Crippen LogP) is 1.99. The molecule has 0 radical (unpaired) electrons. The lowest BCUT2D eigenvalue weighted by molar-refractivity contribution is -0.122. The number of carbonyl (C=O) groups excluding carboxylic acids is 1. The summed E-state index contributed by atoms with van der Waals surface area (Å²) in [7, 11) is 0.393. The van der Waals surface area contributed by atoms with Gasteiger partial charge in [-0.1, -0.05) is 45.7 Å². The molecule has 1 amide bonds. The third-order valence-electron chi connectivity index (χ3n) is 4.57. The van der Waals surface area contributed by atoms with Crippen LogP contribution in [0.1, 0.15) is 45.6 Å². The van der Waals surface area contributed by atoms with Crippen LogP contribution in [0.2, 0.25) is 0 Å². The smallest absolute Gasteiger partial charge is 0.263 e. The third kappa shape index (κ3) is 5.78. The first-order chi connectivity index (χ1) is 13.1. The van der Waals surface area contributed by atoms with E-state index in [4.69, 9.17) is 0 Å². The van der Waals surface area contributed by atoms with Gasteiger partial charge in [0.1, 0.15) is 11.9 Å². The molecule has 28 heavy (non-hydrogen) atoms. The zero-order valence-corrected chi connectivity index (χ0v) is 18.3. The van der Waals surface area contributed by atoms with E-state index in [9.17, 15) is 13.2 Å².